The van der Waals surface area contributed by atoms with Gasteiger partial charge in [-0.25, -0.2) is 4.98 Å². The summed E-state index contributed by atoms with van der Waals surface area (Å²) in [5.41, 5.74) is 7.72. The van der Waals surface area contributed by atoms with Crippen LogP contribution >= 0.6 is 0 Å². The van der Waals surface area contributed by atoms with Crippen molar-refractivity contribution in [2.24, 2.45) is 0 Å². The smallest absolute Gasteiger partial charge is 0.255 e. The van der Waals surface area contributed by atoms with Crippen molar-refractivity contribution in [1.29, 1.82) is 0 Å². The number of aromatic amines is 1. The lowest BCUT2D eigenvalue weighted by molar-refractivity contribution is 0.0635. The van der Waals surface area contributed by atoms with Gasteiger partial charge in [-0.05, 0) is 88.1 Å². The molecule has 0 saturated carbocycles. The van der Waals surface area contributed by atoms with Crippen LogP contribution in [-0.2, 0) is 0 Å². The molecular weight excluding hydrogens is 422 g/mol. The number of ether oxygens (including phenoxy) is 1. The van der Waals surface area contributed by atoms with Gasteiger partial charge in [-0.1, -0.05) is 35.9 Å². The zero-order chi connectivity index (χ0) is 24.6. The first kappa shape index (κ1) is 23.6. The van der Waals surface area contributed by atoms with E-state index < -0.39 is 0 Å². The van der Waals surface area contributed by atoms with E-state index in [-0.39, 0.29) is 18.0 Å². The molecule has 176 valence electrons. The fourth-order valence-corrected chi connectivity index (χ4v) is 4.92. The second kappa shape index (κ2) is 9.34. The van der Waals surface area contributed by atoms with Crippen molar-refractivity contribution in [2.45, 2.75) is 53.6 Å². The highest BCUT2D eigenvalue weighted by molar-refractivity contribution is 5.98. The summed E-state index contributed by atoms with van der Waals surface area (Å²) in [5.74, 6) is 1.57. The maximum atomic E-state index is 14.2. The molecule has 5 heteroatoms. The molecule has 1 unspecified atom stereocenters. The molecule has 0 fully saturated rings. The molecule has 1 atom stereocenters. The van der Waals surface area contributed by atoms with Crippen molar-refractivity contribution < 1.29 is 9.53 Å². The summed E-state index contributed by atoms with van der Waals surface area (Å²) in [6.07, 6.45) is 0. The number of fused-ring (bicyclic) bond motifs is 1. The molecule has 34 heavy (non-hydrogen) atoms. The van der Waals surface area contributed by atoms with Gasteiger partial charge in [0.05, 0.1) is 18.1 Å². The number of nitrogens with one attached hydrogen (secondary N) is 1. The zero-order valence-electron chi connectivity index (χ0n) is 21.1. The highest BCUT2D eigenvalue weighted by Crippen LogP contribution is 2.35. The molecule has 1 heterocycles. The lowest BCUT2D eigenvalue weighted by Crippen LogP contribution is -2.41. The number of hydrogen-bond donors (Lipinski definition) is 1. The van der Waals surface area contributed by atoms with Gasteiger partial charge in [-0.2, -0.15) is 0 Å². The second-order valence-corrected chi connectivity index (χ2v) is 9.35. The summed E-state index contributed by atoms with van der Waals surface area (Å²) in [4.78, 5) is 24.6. The summed E-state index contributed by atoms with van der Waals surface area (Å²) < 4.78 is 5.50. The number of carbonyl (C=O) groups is 1. The van der Waals surface area contributed by atoms with E-state index >= 15 is 0 Å². The number of benzene rings is 3. The van der Waals surface area contributed by atoms with Gasteiger partial charge in [-0.3, -0.25) is 4.79 Å². The first-order valence-corrected chi connectivity index (χ1v) is 11.7. The Kier molecular flexibility index (Phi) is 6.47. The SMILES string of the molecule is COc1ccc(C(c2nc3ccccc3[nH]2)N(C(=O)c2c(C)cc(C)cc2C)C(C)C)cc1C. The molecule has 5 nitrogen and oxygen atoms in total. The first-order valence-electron chi connectivity index (χ1n) is 11.7. The molecule has 1 aromatic heterocycles. The Balaban J connectivity index is 1.93. The Morgan fingerprint density at radius 3 is 2.21 bits per heavy atom. The van der Waals surface area contributed by atoms with Crippen molar-refractivity contribution >= 4 is 16.9 Å². The van der Waals surface area contributed by atoms with Crippen LogP contribution in [0.4, 0.5) is 0 Å². The molecule has 0 aliphatic heterocycles. The van der Waals surface area contributed by atoms with Crippen molar-refractivity contribution in [3.8, 4) is 5.75 Å². The summed E-state index contributed by atoms with van der Waals surface area (Å²) in [6.45, 7) is 12.2. The molecular formula is C29H33N3O2. The van der Waals surface area contributed by atoms with Gasteiger partial charge in [0, 0.05) is 11.6 Å². The van der Waals surface area contributed by atoms with Crippen LogP contribution < -0.4 is 4.74 Å². The number of aryl methyl sites for hydroxylation is 4. The molecule has 1 N–H and O–H groups in total. The Morgan fingerprint density at radius 1 is 0.941 bits per heavy atom. The number of hydrogen-bond acceptors (Lipinski definition) is 3. The molecule has 0 bridgehead atoms. The third-order valence-electron chi connectivity index (χ3n) is 6.36. The maximum Gasteiger partial charge on any atom is 0.255 e. The average molecular weight is 456 g/mol. The van der Waals surface area contributed by atoms with Crippen LogP contribution in [0.1, 0.15) is 63.9 Å². The predicted molar refractivity (Wildman–Crippen MR) is 138 cm³/mol. The number of H-pyrrole nitrogens is 1. The van der Waals surface area contributed by atoms with Crippen LogP contribution in [-0.4, -0.2) is 33.9 Å². The minimum absolute atomic E-state index is 0.00364. The topological polar surface area (TPSA) is 58.2 Å². The highest BCUT2D eigenvalue weighted by Gasteiger charge is 2.33. The highest BCUT2D eigenvalue weighted by atomic mass is 16.5. The molecule has 0 aliphatic carbocycles. The van der Waals surface area contributed by atoms with Crippen LogP contribution in [0.2, 0.25) is 0 Å². The van der Waals surface area contributed by atoms with E-state index in [1.165, 1.54) is 0 Å². The summed E-state index contributed by atoms with van der Waals surface area (Å²) in [5, 5.41) is 0. The number of imidazole rings is 1. The van der Waals surface area contributed by atoms with Crippen LogP contribution in [0.5, 0.6) is 5.75 Å². The van der Waals surface area contributed by atoms with Crippen LogP contribution in [0.25, 0.3) is 11.0 Å². The minimum Gasteiger partial charge on any atom is -0.496 e. The number of methoxy groups -OCH3 is 1. The van der Waals surface area contributed by atoms with E-state index in [1.807, 2.05) is 62.1 Å². The normalized spacial score (nSPS) is 12.2. The molecule has 0 saturated heterocycles. The molecule has 0 radical (unpaired) electrons. The Bertz CT molecular complexity index is 1300. The van der Waals surface area contributed by atoms with Crippen LogP contribution in [0.3, 0.4) is 0 Å². The van der Waals surface area contributed by atoms with E-state index in [0.717, 1.165) is 56.0 Å². The van der Waals surface area contributed by atoms with Gasteiger partial charge in [-0.15, -0.1) is 0 Å². The number of amides is 1. The standard InChI is InChI=1S/C29H33N3O2/c1-17(2)32(29(33)26-20(5)14-18(3)15-21(26)6)27(22-12-13-25(34-7)19(4)16-22)28-30-23-10-8-9-11-24(23)31-28/h8-17,27H,1-7H3,(H,30,31). The van der Waals surface area contributed by atoms with Gasteiger partial charge >= 0.3 is 0 Å². The second-order valence-electron chi connectivity index (χ2n) is 9.35. The number of rotatable bonds is 6. The largest absolute Gasteiger partial charge is 0.496 e. The summed E-state index contributed by atoms with van der Waals surface area (Å²) in [6, 6.07) is 17.8. The molecule has 1 amide bonds. The number of para-hydroxylation sites is 2. The number of aromatic nitrogens is 2. The van der Waals surface area contributed by atoms with E-state index in [1.54, 1.807) is 7.11 Å². The summed E-state index contributed by atoms with van der Waals surface area (Å²) in [7, 11) is 1.67. The third kappa shape index (κ3) is 4.30. The maximum absolute atomic E-state index is 14.2. The van der Waals surface area contributed by atoms with Crippen molar-refractivity contribution in [3.63, 3.8) is 0 Å². The van der Waals surface area contributed by atoms with Gasteiger partial charge < -0.3 is 14.6 Å². The zero-order valence-corrected chi connectivity index (χ0v) is 21.1. The first-order chi connectivity index (χ1) is 16.2. The Labute approximate surface area is 201 Å². The molecule has 0 spiro atoms. The summed E-state index contributed by atoms with van der Waals surface area (Å²) >= 11 is 0. The van der Waals surface area contributed by atoms with E-state index in [0.29, 0.717) is 0 Å². The average Bonchev–Trinajstić information content (AvgIpc) is 3.19. The van der Waals surface area contributed by atoms with Gasteiger partial charge in [0.25, 0.3) is 5.91 Å². The van der Waals surface area contributed by atoms with Crippen LogP contribution in [0, 0.1) is 27.7 Å². The number of carbonyl (C=O) groups excluding carboxylic acids is 1. The monoisotopic (exact) mass is 455 g/mol. The van der Waals surface area contributed by atoms with Crippen molar-refractivity contribution in [2.75, 3.05) is 7.11 Å². The van der Waals surface area contributed by atoms with Gasteiger partial charge in [0.1, 0.15) is 17.6 Å². The van der Waals surface area contributed by atoms with Crippen molar-refractivity contribution in [1.82, 2.24) is 14.9 Å². The molecule has 4 rings (SSSR count). The molecule has 3 aromatic carbocycles. The van der Waals surface area contributed by atoms with Gasteiger partial charge in [0.2, 0.25) is 0 Å². The quantitative estimate of drug-likeness (QED) is 0.364. The van der Waals surface area contributed by atoms with E-state index in [9.17, 15) is 4.79 Å². The minimum atomic E-state index is -0.385. The van der Waals surface area contributed by atoms with E-state index in [4.69, 9.17) is 9.72 Å². The van der Waals surface area contributed by atoms with Gasteiger partial charge in [0.15, 0.2) is 0 Å². The fraction of sp³-hybridized carbons (Fsp3) is 0.310. The van der Waals surface area contributed by atoms with E-state index in [2.05, 4.69) is 44.0 Å². The lowest BCUT2D eigenvalue weighted by Gasteiger charge is -2.35. The third-order valence-corrected chi connectivity index (χ3v) is 6.36. The lowest BCUT2D eigenvalue weighted by atomic mass is 9.95. The fourth-order valence-electron chi connectivity index (χ4n) is 4.92. The molecule has 4 aromatic rings. The van der Waals surface area contributed by atoms with Crippen molar-refractivity contribution in [3.05, 3.63) is 93.8 Å². The Morgan fingerprint density at radius 2 is 1.62 bits per heavy atom. The molecule has 0 aliphatic rings. The Hall–Kier alpha value is -3.60. The van der Waals surface area contributed by atoms with Crippen LogP contribution in [0.15, 0.2) is 54.6 Å². The number of nitrogens with zero attached hydrogens (tertiary/aromatic N) is 2. The predicted octanol–water partition coefficient (Wildman–Crippen LogP) is 6.45.